The van der Waals surface area contributed by atoms with Crippen LogP contribution in [0.1, 0.15) is 42.6 Å². The summed E-state index contributed by atoms with van der Waals surface area (Å²) >= 11 is 0. The van der Waals surface area contributed by atoms with Crippen molar-refractivity contribution < 1.29 is 18.0 Å². The number of anilines is 1. The Morgan fingerprint density at radius 2 is 1.95 bits per heavy atom. The van der Waals surface area contributed by atoms with Crippen LogP contribution >= 0.6 is 0 Å². The van der Waals surface area contributed by atoms with Crippen molar-refractivity contribution in [3.05, 3.63) is 29.3 Å². The smallest absolute Gasteiger partial charge is 0.398 e. The first-order valence-corrected chi connectivity index (χ1v) is 6.98. The molecule has 1 aliphatic rings. The maximum absolute atomic E-state index is 12.8. The van der Waals surface area contributed by atoms with Gasteiger partial charge in [-0.2, -0.15) is 13.2 Å². The zero-order valence-electron chi connectivity index (χ0n) is 12.0. The molecular formula is C15H19F3N2O. The second kappa shape index (κ2) is 5.58. The Labute approximate surface area is 121 Å². The summed E-state index contributed by atoms with van der Waals surface area (Å²) in [7, 11) is 0. The highest BCUT2D eigenvalue weighted by Gasteiger charge is 2.35. The van der Waals surface area contributed by atoms with E-state index in [2.05, 4.69) is 12.2 Å². The summed E-state index contributed by atoms with van der Waals surface area (Å²) in [5.74, 6) is 0.264. The van der Waals surface area contributed by atoms with Crippen LogP contribution in [0.4, 0.5) is 18.9 Å². The number of benzene rings is 1. The summed E-state index contributed by atoms with van der Waals surface area (Å²) in [6.07, 6.45) is -2.72. The van der Waals surface area contributed by atoms with E-state index in [-0.39, 0.29) is 11.6 Å². The van der Waals surface area contributed by atoms with Gasteiger partial charge in [0.25, 0.3) is 5.91 Å². The molecule has 6 heteroatoms. The van der Waals surface area contributed by atoms with Crippen LogP contribution in [0, 0.1) is 11.8 Å². The molecule has 21 heavy (non-hydrogen) atoms. The van der Waals surface area contributed by atoms with Gasteiger partial charge in [0, 0.05) is 6.04 Å². The number of carbonyl (C=O) groups excluding carboxylic acids is 1. The molecule has 1 aromatic carbocycles. The number of nitrogen functional groups attached to an aromatic ring is 1. The zero-order valence-corrected chi connectivity index (χ0v) is 12.0. The van der Waals surface area contributed by atoms with E-state index in [4.69, 9.17) is 5.73 Å². The van der Waals surface area contributed by atoms with Crippen molar-refractivity contribution in [3.63, 3.8) is 0 Å². The molecule has 1 aliphatic carbocycles. The summed E-state index contributed by atoms with van der Waals surface area (Å²) in [4.78, 5) is 12.2. The number of amides is 1. The van der Waals surface area contributed by atoms with Crippen LogP contribution in [0.5, 0.6) is 0 Å². The Hall–Kier alpha value is -1.72. The predicted molar refractivity (Wildman–Crippen MR) is 74.7 cm³/mol. The molecule has 116 valence electrons. The van der Waals surface area contributed by atoms with Crippen molar-refractivity contribution in [1.82, 2.24) is 5.32 Å². The lowest BCUT2D eigenvalue weighted by Gasteiger charge is -2.20. The van der Waals surface area contributed by atoms with E-state index in [1.54, 1.807) is 0 Å². The second-order valence-corrected chi connectivity index (χ2v) is 5.76. The molecule has 1 saturated carbocycles. The molecule has 0 aromatic heterocycles. The molecule has 1 fully saturated rings. The van der Waals surface area contributed by atoms with Crippen LogP contribution in [0.15, 0.2) is 18.2 Å². The third-order valence-corrected chi connectivity index (χ3v) is 4.44. The van der Waals surface area contributed by atoms with Crippen molar-refractivity contribution in [2.24, 2.45) is 11.8 Å². The van der Waals surface area contributed by atoms with Crippen LogP contribution in [-0.2, 0) is 6.18 Å². The normalized spacial score (nSPS) is 25.9. The Morgan fingerprint density at radius 1 is 1.29 bits per heavy atom. The monoisotopic (exact) mass is 300 g/mol. The number of para-hydroxylation sites is 1. The van der Waals surface area contributed by atoms with Gasteiger partial charge >= 0.3 is 6.18 Å². The van der Waals surface area contributed by atoms with E-state index < -0.39 is 23.3 Å². The van der Waals surface area contributed by atoms with E-state index in [1.165, 1.54) is 12.1 Å². The Balaban J connectivity index is 2.21. The lowest BCUT2D eigenvalue weighted by atomic mass is 9.97. The Kier molecular flexibility index (Phi) is 4.16. The van der Waals surface area contributed by atoms with Crippen LogP contribution in [0.2, 0.25) is 0 Å². The van der Waals surface area contributed by atoms with E-state index in [9.17, 15) is 18.0 Å². The second-order valence-electron chi connectivity index (χ2n) is 5.76. The number of halogens is 3. The number of carbonyl (C=O) groups is 1. The van der Waals surface area contributed by atoms with Crippen molar-refractivity contribution in [1.29, 1.82) is 0 Å². The molecule has 0 radical (unpaired) electrons. The maximum Gasteiger partial charge on any atom is 0.418 e. The highest BCUT2D eigenvalue weighted by Crippen LogP contribution is 2.35. The quantitative estimate of drug-likeness (QED) is 0.822. The van der Waals surface area contributed by atoms with Crippen molar-refractivity contribution >= 4 is 11.6 Å². The van der Waals surface area contributed by atoms with Gasteiger partial charge in [0.05, 0.1) is 16.8 Å². The number of nitrogens with two attached hydrogens (primary N) is 1. The fourth-order valence-electron chi connectivity index (χ4n) is 2.82. The first-order valence-electron chi connectivity index (χ1n) is 6.98. The fraction of sp³-hybridized carbons (Fsp3) is 0.533. The number of nitrogens with one attached hydrogen (secondary N) is 1. The molecule has 1 aromatic rings. The minimum absolute atomic E-state index is 0.0126. The number of rotatable bonds is 2. The summed E-state index contributed by atoms with van der Waals surface area (Å²) < 4.78 is 38.4. The minimum atomic E-state index is -4.56. The molecule has 0 heterocycles. The minimum Gasteiger partial charge on any atom is -0.398 e. The van der Waals surface area contributed by atoms with Crippen molar-refractivity contribution in [2.45, 2.75) is 38.9 Å². The topological polar surface area (TPSA) is 55.1 Å². The maximum atomic E-state index is 12.8. The molecule has 2 rings (SSSR count). The standard InChI is InChI=1S/C15H19F3N2O/c1-8-6-7-12(9(8)2)20-14(21)10-4-3-5-11(13(10)19)15(16,17)18/h3-5,8-9,12H,6-7,19H2,1-2H3,(H,20,21). The van der Waals surface area contributed by atoms with Gasteiger partial charge < -0.3 is 11.1 Å². The summed E-state index contributed by atoms with van der Waals surface area (Å²) in [5, 5.41) is 2.81. The van der Waals surface area contributed by atoms with Crippen molar-refractivity contribution in [3.8, 4) is 0 Å². The lowest BCUT2D eigenvalue weighted by molar-refractivity contribution is -0.136. The van der Waals surface area contributed by atoms with E-state index in [1.807, 2.05) is 6.92 Å². The first kappa shape index (κ1) is 15.7. The van der Waals surface area contributed by atoms with Gasteiger partial charge in [-0.05, 0) is 36.8 Å². The highest BCUT2D eigenvalue weighted by atomic mass is 19.4. The molecule has 3 nitrogen and oxygen atoms in total. The number of hydrogen-bond donors (Lipinski definition) is 2. The molecule has 3 N–H and O–H groups in total. The van der Waals surface area contributed by atoms with Crippen LogP contribution in [0.3, 0.4) is 0 Å². The largest absolute Gasteiger partial charge is 0.418 e. The lowest BCUT2D eigenvalue weighted by Crippen LogP contribution is -2.37. The van der Waals surface area contributed by atoms with E-state index in [0.717, 1.165) is 18.9 Å². The highest BCUT2D eigenvalue weighted by molar-refractivity contribution is 6.00. The van der Waals surface area contributed by atoms with Crippen LogP contribution in [0.25, 0.3) is 0 Å². The van der Waals surface area contributed by atoms with Gasteiger partial charge in [-0.1, -0.05) is 19.9 Å². The Morgan fingerprint density at radius 3 is 2.48 bits per heavy atom. The van der Waals surface area contributed by atoms with Gasteiger partial charge in [0.1, 0.15) is 0 Å². The molecule has 0 bridgehead atoms. The van der Waals surface area contributed by atoms with Crippen LogP contribution in [-0.4, -0.2) is 11.9 Å². The van der Waals surface area contributed by atoms with Gasteiger partial charge in [0.15, 0.2) is 0 Å². The number of hydrogen-bond acceptors (Lipinski definition) is 2. The molecule has 0 aliphatic heterocycles. The van der Waals surface area contributed by atoms with Crippen molar-refractivity contribution in [2.75, 3.05) is 5.73 Å². The third kappa shape index (κ3) is 3.14. The summed E-state index contributed by atoms with van der Waals surface area (Å²) in [6, 6.07) is 3.39. The average molecular weight is 300 g/mol. The molecule has 3 unspecified atom stereocenters. The molecule has 1 amide bonds. The average Bonchev–Trinajstić information content (AvgIpc) is 2.69. The fourth-order valence-corrected chi connectivity index (χ4v) is 2.82. The van der Waals surface area contributed by atoms with Gasteiger partial charge in [-0.25, -0.2) is 0 Å². The molecule has 0 spiro atoms. The molecule has 0 saturated heterocycles. The first-order chi connectivity index (χ1) is 9.71. The third-order valence-electron chi connectivity index (χ3n) is 4.44. The van der Waals surface area contributed by atoms with E-state index >= 15 is 0 Å². The summed E-state index contributed by atoms with van der Waals surface area (Å²) in [6.45, 7) is 4.15. The summed E-state index contributed by atoms with van der Waals surface area (Å²) in [5.41, 5.74) is 3.93. The molecule has 3 atom stereocenters. The van der Waals surface area contributed by atoms with Gasteiger partial charge in [-0.15, -0.1) is 0 Å². The Bertz CT molecular complexity index is 542. The van der Waals surface area contributed by atoms with E-state index in [0.29, 0.717) is 11.8 Å². The van der Waals surface area contributed by atoms with Gasteiger partial charge in [0.2, 0.25) is 0 Å². The predicted octanol–water partition coefficient (Wildman–Crippen LogP) is 3.45. The zero-order chi connectivity index (χ0) is 15.8. The molecular weight excluding hydrogens is 281 g/mol. The van der Waals surface area contributed by atoms with Crippen LogP contribution < -0.4 is 11.1 Å². The number of alkyl halides is 3. The van der Waals surface area contributed by atoms with Gasteiger partial charge in [-0.3, -0.25) is 4.79 Å². The SMILES string of the molecule is CC1CCC(NC(=O)c2cccc(C(F)(F)F)c2N)C1C.